The van der Waals surface area contributed by atoms with Crippen LogP contribution in [0.25, 0.3) is 0 Å². The molecule has 0 aromatic carbocycles. The Morgan fingerprint density at radius 3 is 2.90 bits per heavy atom. The number of carbonyl (C=O) groups excluding carboxylic acids is 1. The molecule has 0 saturated carbocycles. The van der Waals surface area contributed by atoms with Gasteiger partial charge in [-0.2, -0.15) is 0 Å². The Morgan fingerprint density at radius 1 is 1.55 bits per heavy atom. The van der Waals surface area contributed by atoms with Gasteiger partial charge in [0.25, 0.3) is 5.91 Å². The van der Waals surface area contributed by atoms with Crippen LogP contribution in [-0.2, 0) is 4.74 Å². The molecule has 1 amide bonds. The Balaban J connectivity index is 2.01. The van der Waals surface area contributed by atoms with Gasteiger partial charge in [-0.1, -0.05) is 6.92 Å². The third kappa shape index (κ3) is 3.28. The van der Waals surface area contributed by atoms with Crippen LogP contribution in [0.4, 0.5) is 5.69 Å². The van der Waals surface area contributed by atoms with Gasteiger partial charge in [-0.25, -0.2) is 4.98 Å². The highest BCUT2D eigenvalue weighted by Crippen LogP contribution is 2.20. The van der Waals surface area contributed by atoms with Crippen LogP contribution in [0.1, 0.15) is 37.2 Å². The summed E-state index contributed by atoms with van der Waals surface area (Å²) in [5.41, 5.74) is 1.43. The maximum absolute atomic E-state index is 12.4. The second kappa shape index (κ2) is 6.70. The summed E-state index contributed by atoms with van der Waals surface area (Å²) in [5, 5.41) is 3.24. The lowest BCUT2D eigenvalue weighted by molar-refractivity contribution is 0.0570. The number of nitrogens with one attached hydrogen (secondary N) is 1. The predicted octanol–water partition coefficient (Wildman–Crippen LogP) is 2.15. The number of amides is 1. The van der Waals surface area contributed by atoms with Gasteiger partial charge in [-0.05, 0) is 31.9 Å². The molecule has 1 aromatic rings. The van der Waals surface area contributed by atoms with E-state index < -0.39 is 0 Å². The third-order valence-electron chi connectivity index (χ3n) is 3.72. The van der Waals surface area contributed by atoms with E-state index in [1.807, 2.05) is 20.0 Å². The van der Waals surface area contributed by atoms with Crippen molar-refractivity contribution in [2.75, 3.05) is 25.5 Å². The lowest BCUT2D eigenvalue weighted by Gasteiger charge is -2.26. The van der Waals surface area contributed by atoms with Crippen LogP contribution in [0, 0.1) is 0 Å². The average molecular weight is 277 g/mol. The molecular weight excluding hydrogens is 254 g/mol. The molecule has 1 N–H and O–H groups in total. The van der Waals surface area contributed by atoms with E-state index in [2.05, 4.69) is 17.2 Å². The third-order valence-corrected chi connectivity index (χ3v) is 3.72. The molecule has 0 aliphatic carbocycles. The number of hydrogen-bond donors (Lipinski definition) is 1. The van der Waals surface area contributed by atoms with Crippen molar-refractivity contribution in [2.45, 2.75) is 38.8 Å². The Kier molecular flexibility index (Phi) is 4.95. The number of aromatic nitrogens is 1. The SMILES string of the molecule is CCCNc1ccc(C(=O)N(C)C2CCOC2C)nc1. The van der Waals surface area contributed by atoms with Crippen molar-refractivity contribution >= 4 is 11.6 Å². The number of nitrogens with zero attached hydrogens (tertiary/aromatic N) is 2. The summed E-state index contributed by atoms with van der Waals surface area (Å²) in [6.45, 7) is 5.74. The van der Waals surface area contributed by atoms with Crippen molar-refractivity contribution in [1.82, 2.24) is 9.88 Å². The first-order chi connectivity index (χ1) is 9.63. The van der Waals surface area contributed by atoms with E-state index in [0.717, 1.165) is 31.7 Å². The molecular formula is C15H23N3O2. The Morgan fingerprint density at radius 2 is 2.35 bits per heavy atom. The van der Waals surface area contributed by atoms with Crippen molar-refractivity contribution in [3.8, 4) is 0 Å². The van der Waals surface area contributed by atoms with Crippen LogP contribution < -0.4 is 5.32 Å². The second-order valence-corrected chi connectivity index (χ2v) is 5.21. The van der Waals surface area contributed by atoms with Crippen molar-refractivity contribution in [3.05, 3.63) is 24.0 Å². The normalized spacial score (nSPS) is 21.8. The van der Waals surface area contributed by atoms with Crippen LogP contribution in [0.3, 0.4) is 0 Å². The fourth-order valence-electron chi connectivity index (χ4n) is 2.45. The molecule has 110 valence electrons. The molecule has 2 heterocycles. The fraction of sp³-hybridized carbons (Fsp3) is 0.600. The Hall–Kier alpha value is -1.62. The van der Waals surface area contributed by atoms with E-state index >= 15 is 0 Å². The summed E-state index contributed by atoms with van der Waals surface area (Å²) >= 11 is 0. The lowest BCUT2D eigenvalue weighted by atomic mass is 10.1. The molecule has 2 atom stereocenters. The number of anilines is 1. The first-order valence-electron chi connectivity index (χ1n) is 7.22. The molecule has 5 nitrogen and oxygen atoms in total. The molecule has 20 heavy (non-hydrogen) atoms. The second-order valence-electron chi connectivity index (χ2n) is 5.21. The molecule has 1 aliphatic rings. The van der Waals surface area contributed by atoms with Gasteiger partial charge in [-0.15, -0.1) is 0 Å². The largest absolute Gasteiger partial charge is 0.384 e. The zero-order chi connectivity index (χ0) is 14.5. The van der Waals surface area contributed by atoms with Gasteiger partial charge in [0.15, 0.2) is 0 Å². The van der Waals surface area contributed by atoms with Crippen LogP contribution in [0.15, 0.2) is 18.3 Å². The Labute approximate surface area is 120 Å². The number of pyridine rings is 1. The van der Waals surface area contributed by atoms with E-state index in [1.165, 1.54) is 0 Å². The molecule has 1 fully saturated rings. The van der Waals surface area contributed by atoms with Crippen molar-refractivity contribution < 1.29 is 9.53 Å². The average Bonchev–Trinajstić information content (AvgIpc) is 2.90. The molecule has 0 radical (unpaired) electrons. The number of rotatable bonds is 5. The van der Waals surface area contributed by atoms with Crippen molar-refractivity contribution in [1.29, 1.82) is 0 Å². The summed E-state index contributed by atoms with van der Waals surface area (Å²) in [7, 11) is 1.82. The minimum absolute atomic E-state index is 0.0469. The molecule has 2 unspecified atom stereocenters. The van der Waals surface area contributed by atoms with Crippen molar-refractivity contribution in [3.63, 3.8) is 0 Å². The van der Waals surface area contributed by atoms with E-state index in [-0.39, 0.29) is 18.1 Å². The first-order valence-corrected chi connectivity index (χ1v) is 7.22. The van der Waals surface area contributed by atoms with E-state index in [1.54, 1.807) is 17.2 Å². The summed E-state index contributed by atoms with van der Waals surface area (Å²) in [4.78, 5) is 18.4. The number of hydrogen-bond acceptors (Lipinski definition) is 4. The van der Waals surface area contributed by atoms with Gasteiger partial charge in [0, 0.05) is 20.2 Å². The summed E-state index contributed by atoms with van der Waals surface area (Å²) in [6, 6.07) is 3.82. The van der Waals surface area contributed by atoms with Crippen LogP contribution in [0.2, 0.25) is 0 Å². The van der Waals surface area contributed by atoms with Gasteiger partial charge in [0.1, 0.15) is 5.69 Å². The zero-order valence-corrected chi connectivity index (χ0v) is 12.4. The standard InChI is InChI=1S/C15H23N3O2/c1-4-8-16-12-5-6-13(17-10-12)15(19)18(3)14-7-9-20-11(14)2/h5-6,10-11,14,16H,4,7-9H2,1-3H3. The highest BCUT2D eigenvalue weighted by molar-refractivity contribution is 5.92. The quantitative estimate of drug-likeness (QED) is 0.896. The predicted molar refractivity (Wildman–Crippen MR) is 78.9 cm³/mol. The van der Waals surface area contributed by atoms with Gasteiger partial charge in [0.05, 0.1) is 24.0 Å². The summed E-state index contributed by atoms with van der Waals surface area (Å²) in [6.07, 6.45) is 3.75. The minimum Gasteiger partial charge on any atom is -0.384 e. The molecule has 0 bridgehead atoms. The van der Waals surface area contributed by atoms with E-state index in [9.17, 15) is 4.79 Å². The summed E-state index contributed by atoms with van der Waals surface area (Å²) in [5.74, 6) is -0.0469. The van der Waals surface area contributed by atoms with E-state index in [4.69, 9.17) is 4.74 Å². The monoisotopic (exact) mass is 277 g/mol. The molecule has 2 rings (SSSR count). The molecule has 5 heteroatoms. The van der Waals surface area contributed by atoms with Crippen LogP contribution in [0.5, 0.6) is 0 Å². The molecule has 1 aromatic heterocycles. The van der Waals surface area contributed by atoms with Gasteiger partial charge >= 0.3 is 0 Å². The highest BCUT2D eigenvalue weighted by Gasteiger charge is 2.31. The number of likely N-dealkylation sites (N-methyl/N-ethyl adjacent to an activating group) is 1. The smallest absolute Gasteiger partial charge is 0.272 e. The van der Waals surface area contributed by atoms with E-state index in [0.29, 0.717) is 5.69 Å². The fourth-order valence-corrected chi connectivity index (χ4v) is 2.45. The maximum Gasteiger partial charge on any atom is 0.272 e. The molecule has 0 spiro atoms. The molecule has 1 aliphatic heterocycles. The van der Waals surface area contributed by atoms with Gasteiger partial charge in [-0.3, -0.25) is 4.79 Å². The zero-order valence-electron chi connectivity index (χ0n) is 12.4. The summed E-state index contributed by atoms with van der Waals surface area (Å²) < 4.78 is 5.51. The topological polar surface area (TPSA) is 54.5 Å². The van der Waals surface area contributed by atoms with Crippen molar-refractivity contribution in [2.24, 2.45) is 0 Å². The maximum atomic E-state index is 12.4. The van der Waals surface area contributed by atoms with Crippen LogP contribution >= 0.6 is 0 Å². The highest BCUT2D eigenvalue weighted by atomic mass is 16.5. The number of carbonyl (C=O) groups is 1. The first kappa shape index (κ1) is 14.8. The Bertz CT molecular complexity index is 447. The lowest BCUT2D eigenvalue weighted by Crippen LogP contribution is -2.41. The van der Waals surface area contributed by atoms with Gasteiger partial charge < -0.3 is 15.0 Å². The van der Waals surface area contributed by atoms with Crippen LogP contribution in [-0.4, -0.2) is 48.1 Å². The number of ether oxygens (including phenoxy) is 1. The van der Waals surface area contributed by atoms with Gasteiger partial charge in [0.2, 0.25) is 0 Å². The minimum atomic E-state index is -0.0469. The molecule has 1 saturated heterocycles.